The van der Waals surface area contributed by atoms with Gasteiger partial charge in [0.1, 0.15) is 0 Å². The molecule has 1 aromatic rings. The second-order valence-electron chi connectivity index (χ2n) is 4.36. The Labute approximate surface area is 98.9 Å². The van der Waals surface area contributed by atoms with Crippen molar-refractivity contribution in [2.45, 2.75) is 39.2 Å². The van der Waals surface area contributed by atoms with Crippen LogP contribution in [0, 0.1) is 0 Å². The maximum atomic E-state index is 9.70. The Balaban J connectivity index is 2.70. The molecule has 1 rings (SSSR count). The Morgan fingerprint density at radius 1 is 1.25 bits per heavy atom. The minimum Gasteiger partial charge on any atom is -0.389 e. The van der Waals surface area contributed by atoms with Gasteiger partial charge in [-0.05, 0) is 19.4 Å². The highest BCUT2D eigenvalue weighted by atomic mass is 16.3. The van der Waals surface area contributed by atoms with Crippen LogP contribution >= 0.6 is 0 Å². The summed E-state index contributed by atoms with van der Waals surface area (Å²) in [5, 5.41) is 9.70. The maximum absolute atomic E-state index is 9.70. The molecule has 0 aliphatic carbocycles. The molecule has 0 aliphatic rings. The number of aliphatic hydroxyl groups excluding tert-OH is 1. The van der Waals surface area contributed by atoms with Gasteiger partial charge in [0.2, 0.25) is 0 Å². The molecule has 0 bridgehead atoms. The fourth-order valence-electron chi connectivity index (χ4n) is 1.91. The molecule has 0 saturated heterocycles. The van der Waals surface area contributed by atoms with Crippen LogP contribution in [-0.4, -0.2) is 18.7 Å². The summed E-state index contributed by atoms with van der Waals surface area (Å²) in [5.74, 6) is 0. The standard InChI is InChI=1S/C14H23NO/c1-4-5-8-11-15(3)14-10-7-6-9-13(14)12(2)16/h6-7,9-10,12,16H,4-5,8,11H2,1-3H3/t12-/m1/s1. The van der Waals surface area contributed by atoms with Gasteiger partial charge in [0.25, 0.3) is 0 Å². The molecule has 0 radical (unpaired) electrons. The average Bonchev–Trinajstić information content (AvgIpc) is 2.29. The first kappa shape index (κ1) is 13.0. The third-order valence-corrected chi connectivity index (χ3v) is 2.90. The lowest BCUT2D eigenvalue weighted by Crippen LogP contribution is -2.20. The summed E-state index contributed by atoms with van der Waals surface area (Å²) in [6.07, 6.45) is 3.32. The molecule has 1 N–H and O–H groups in total. The van der Waals surface area contributed by atoms with E-state index in [0.29, 0.717) is 0 Å². The van der Waals surface area contributed by atoms with Crippen LogP contribution in [0.3, 0.4) is 0 Å². The topological polar surface area (TPSA) is 23.5 Å². The minimum absolute atomic E-state index is 0.398. The molecule has 0 unspecified atom stereocenters. The van der Waals surface area contributed by atoms with E-state index in [-0.39, 0.29) is 0 Å². The molecule has 1 aromatic carbocycles. The number of aliphatic hydroxyl groups is 1. The number of hydrogen-bond donors (Lipinski definition) is 1. The Morgan fingerprint density at radius 2 is 1.94 bits per heavy atom. The summed E-state index contributed by atoms with van der Waals surface area (Å²) in [7, 11) is 2.09. The van der Waals surface area contributed by atoms with Crippen molar-refractivity contribution in [2.24, 2.45) is 0 Å². The van der Waals surface area contributed by atoms with Crippen LogP contribution in [0.25, 0.3) is 0 Å². The monoisotopic (exact) mass is 221 g/mol. The molecule has 1 atom stereocenters. The van der Waals surface area contributed by atoms with Crippen LogP contribution in [-0.2, 0) is 0 Å². The van der Waals surface area contributed by atoms with Crippen molar-refractivity contribution in [1.29, 1.82) is 0 Å². The highest BCUT2D eigenvalue weighted by Gasteiger charge is 2.10. The van der Waals surface area contributed by atoms with Crippen molar-refractivity contribution in [3.05, 3.63) is 29.8 Å². The number of anilines is 1. The number of benzene rings is 1. The van der Waals surface area contributed by atoms with Crippen molar-refractivity contribution in [3.8, 4) is 0 Å². The van der Waals surface area contributed by atoms with E-state index in [1.165, 1.54) is 19.3 Å². The van der Waals surface area contributed by atoms with Crippen molar-refractivity contribution in [3.63, 3.8) is 0 Å². The Kier molecular flexibility index (Phi) is 5.33. The second-order valence-corrected chi connectivity index (χ2v) is 4.36. The molecule has 0 amide bonds. The fourth-order valence-corrected chi connectivity index (χ4v) is 1.91. The van der Waals surface area contributed by atoms with Gasteiger partial charge in [0.05, 0.1) is 6.10 Å². The first-order valence-corrected chi connectivity index (χ1v) is 6.15. The summed E-state index contributed by atoms with van der Waals surface area (Å²) in [5.41, 5.74) is 2.16. The molecule has 0 aliphatic heterocycles. The molecule has 2 heteroatoms. The van der Waals surface area contributed by atoms with Crippen LogP contribution in [0.5, 0.6) is 0 Å². The number of nitrogens with zero attached hydrogens (tertiary/aromatic N) is 1. The van der Waals surface area contributed by atoms with Crippen molar-refractivity contribution in [1.82, 2.24) is 0 Å². The van der Waals surface area contributed by atoms with E-state index < -0.39 is 6.10 Å². The number of rotatable bonds is 6. The number of hydrogen-bond acceptors (Lipinski definition) is 2. The Morgan fingerprint density at radius 3 is 2.56 bits per heavy atom. The summed E-state index contributed by atoms with van der Waals surface area (Å²) < 4.78 is 0. The van der Waals surface area contributed by atoms with E-state index in [0.717, 1.165) is 17.8 Å². The molecular weight excluding hydrogens is 198 g/mol. The Bertz CT molecular complexity index is 309. The largest absolute Gasteiger partial charge is 0.389 e. The van der Waals surface area contributed by atoms with Gasteiger partial charge in [0, 0.05) is 24.8 Å². The van der Waals surface area contributed by atoms with Gasteiger partial charge in [-0.1, -0.05) is 38.0 Å². The normalized spacial score (nSPS) is 12.5. The van der Waals surface area contributed by atoms with Crippen molar-refractivity contribution in [2.75, 3.05) is 18.5 Å². The van der Waals surface area contributed by atoms with E-state index in [1.54, 1.807) is 0 Å². The molecule has 0 heterocycles. The lowest BCUT2D eigenvalue weighted by Gasteiger charge is -2.23. The smallest absolute Gasteiger partial charge is 0.0781 e. The third-order valence-electron chi connectivity index (χ3n) is 2.90. The van der Waals surface area contributed by atoms with Gasteiger partial charge >= 0.3 is 0 Å². The average molecular weight is 221 g/mol. The molecule has 0 saturated carbocycles. The van der Waals surface area contributed by atoms with Crippen molar-refractivity contribution >= 4 is 5.69 Å². The molecule has 0 fully saturated rings. The predicted molar refractivity (Wildman–Crippen MR) is 69.9 cm³/mol. The molecule has 2 nitrogen and oxygen atoms in total. The van der Waals surface area contributed by atoms with Crippen LogP contribution in [0.1, 0.15) is 44.8 Å². The van der Waals surface area contributed by atoms with Gasteiger partial charge in [-0.2, -0.15) is 0 Å². The zero-order valence-corrected chi connectivity index (χ0v) is 10.6. The summed E-state index contributed by atoms with van der Waals surface area (Å²) in [4.78, 5) is 2.23. The molecule has 0 aromatic heterocycles. The van der Waals surface area contributed by atoms with E-state index in [9.17, 15) is 5.11 Å². The lowest BCUT2D eigenvalue weighted by molar-refractivity contribution is 0.199. The van der Waals surface area contributed by atoms with Crippen LogP contribution < -0.4 is 4.90 Å². The maximum Gasteiger partial charge on any atom is 0.0781 e. The van der Waals surface area contributed by atoms with E-state index >= 15 is 0 Å². The zero-order valence-electron chi connectivity index (χ0n) is 10.6. The van der Waals surface area contributed by atoms with Crippen LogP contribution in [0.4, 0.5) is 5.69 Å². The van der Waals surface area contributed by atoms with Crippen LogP contribution in [0.15, 0.2) is 24.3 Å². The van der Waals surface area contributed by atoms with Gasteiger partial charge < -0.3 is 10.0 Å². The SMILES string of the molecule is CCCCCN(C)c1ccccc1[C@@H](C)O. The van der Waals surface area contributed by atoms with Gasteiger partial charge in [-0.15, -0.1) is 0 Å². The quantitative estimate of drug-likeness (QED) is 0.744. The zero-order chi connectivity index (χ0) is 12.0. The predicted octanol–water partition coefficient (Wildman–Crippen LogP) is 3.37. The van der Waals surface area contributed by atoms with Gasteiger partial charge in [-0.25, -0.2) is 0 Å². The molecule has 16 heavy (non-hydrogen) atoms. The molecule has 0 spiro atoms. The fraction of sp³-hybridized carbons (Fsp3) is 0.571. The highest BCUT2D eigenvalue weighted by Crippen LogP contribution is 2.25. The van der Waals surface area contributed by atoms with E-state index in [1.807, 2.05) is 25.1 Å². The molecular formula is C14H23NO. The van der Waals surface area contributed by atoms with Crippen molar-refractivity contribution < 1.29 is 5.11 Å². The van der Waals surface area contributed by atoms with Gasteiger partial charge in [-0.3, -0.25) is 0 Å². The highest BCUT2D eigenvalue weighted by molar-refractivity contribution is 5.53. The number of unbranched alkanes of at least 4 members (excludes halogenated alkanes) is 2. The Hall–Kier alpha value is -1.02. The van der Waals surface area contributed by atoms with Gasteiger partial charge in [0.15, 0.2) is 0 Å². The number of para-hydroxylation sites is 1. The molecule has 90 valence electrons. The first-order valence-electron chi connectivity index (χ1n) is 6.15. The second kappa shape index (κ2) is 6.54. The third kappa shape index (κ3) is 3.53. The first-order chi connectivity index (χ1) is 7.66. The van der Waals surface area contributed by atoms with Crippen LogP contribution in [0.2, 0.25) is 0 Å². The summed E-state index contributed by atoms with van der Waals surface area (Å²) >= 11 is 0. The van der Waals surface area contributed by atoms with E-state index in [2.05, 4.69) is 24.9 Å². The minimum atomic E-state index is -0.398. The lowest BCUT2D eigenvalue weighted by atomic mass is 10.1. The summed E-state index contributed by atoms with van der Waals surface area (Å²) in [6.45, 7) is 5.08. The summed E-state index contributed by atoms with van der Waals surface area (Å²) in [6, 6.07) is 8.08. The van der Waals surface area contributed by atoms with E-state index in [4.69, 9.17) is 0 Å².